The number of nitrogens with zero attached hydrogens (tertiary/aromatic N) is 3. The summed E-state index contributed by atoms with van der Waals surface area (Å²) in [6.45, 7) is 11.1. The molecule has 3 heterocycles. The highest BCUT2D eigenvalue weighted by Gasteiger charge is 2.23. The standard InChI is InChI=1S/C26H28N4O2S/c1-16-21-17(2)29-25(26(3,4)5)30-24(21)33-22(16)23(31)28-14-18-8-10-20(11-9-18)32-15-19-7-6-12-27-13-19/h6-13H,14-15H2,1-5H3,(H,28,31). The van der Waals surface area contributed by atoms with Gasteiger partial charge < -0.3 is 10.1 Å². The van der Waals surface area contributed by atoms with Gasteiger partial charge in [0.2, 0.25) is 0 Å². The molecule has 1 aromatic carbocycles. The van der Waals surface area contributed by atoms with Gasteiger partial charge >= 0.3 is 0 Å². The molecule has 7 heteroatoms. The monoisotopic (exact) mass is 460 g/mol. The van der Waals surface area contributed by atoms with E-state index in [0.717, 1.165) is 44.2 Å². The molecule has 0 fully saturated rings. The van der Waals surface area contributed by atoms with Gasteiger partial charge in [0.25, 0.3) is 5.91 Å². The number of hydrogen-bond donors (Lipinski definition) is 1. The van der Waals surface area contributed by atoms with E-state index in [1.807, 2.05) is 50.2 Å². The average Bonchev–Trinajstić information content (AvgIpc) is 3.14. The number of ether oxygens (including phenoxy) is 1. The molecule has 170 valence electrons. The number of carbonyl (C=O) groups excluding carboxylic acids is 1. The summed E-state index contributed by atoms with van der Waals surface area (Å²) in [6, 6.07) is 11.6. The number of thiophene rings is 1. The lowest BCUT2D eigenvalue weighted by Gasteiger charge is -2.16. The molecule has 6 nitrogen and oxygen atoms in total. The average molecular weight is 461 g/mol. The molecule has 0 aliphatic carbocycles. The van der Waals surface area contributed by atoms with Crippen molar-refractivity contribution in [1.29, 1.82) is 0 Å². The van der Waals surface area contributed by atoms with Crippen molar-refractivity contribution in [1.82, 2.24) is 20.3 Å². The second kappa shape index (κ2) is 9.27. The van der Waals surface area contributed by atoms with Crippen LogP contribution in [-0.4, -0.2) is 20.9 Å². The Balaban J connectivity index is 1.42. The van der Waals surface area contributed by atoms with Crippen LogP contribution in [0.3, 0.4) is 0 Å². The highest BCUT2D eigenvalue weighted by molar-refractivity contribution is 7.20. The fourth-order valence-electron chi connectivity index (χ4n) is 3.51. The van der Waals surface area contributed by atoms with E-state index in [-0.39, 0.29) is 11.3 Å². The highest BCUT2D eigenvalue weighted by Crippen LogP contribution is 2.33. The minimum Gasteiger partial charge on any atom is -0.489 e. The molecule has 0 radical (unpaired) electrons. The maximum absolute atomic E-state index is 12.9. The van der Waals surface area contributed by atoms with Crippen molar-refractivity contribution in [3.8, 4) is 5.75 Å². The number of nitrogens with one attached hydrogen (secondary N) is 1. The van der Waals surface area contributed by atoms with Gasteiger partial charge in [0.15, 0.2) is 0 Å². The Hall–Kier alpha value is -3.32. The number of fused-ring (bicyclic) bond motifs is 1. The molecule has 1 amide bonds. The van der Waals surface area contributed by atoms with Crippen molar-refractivity contribution >= 4 is 27.5 Å². The third-order valence-corrected chi connectivity index (χ3v) is 6.54. The van der Waals surface area contributed by atoms with Gasteiger partial charge in [0, 0.05) is 35.3 Å². The second-order valence-electron chi connectivity index (χ2n) is 9.10. The summed E-state index contributed by atoms with van der Waals surface area (Å²) in [4.78, 5) is 28.0. The molecule has 0 spiro atoms. The van der Waals surface area contributed by atoms with E-state index >= 15 is 0 Å². The SMILES string of the molecule is Cc1nc(C(C)(C)C)nc2sc(C(=O)NCc3ccc(OCc4cccnc4)cc3)c(C)c12. The summed E-state index contributed by atoms with van der Waals surface area (Å²) in [6.07, 6.45) is 3.53. The van der Waals surface area contributed by atoms with E-state index in [1.54, 1.807) is 12.4 Å². The lowest BCUT2D eigenvalue weighted by Crippen LogP contribution is -2.22. The van der Waals surface area contributed by atoms with Crippen LogP contribution in [0.15, 0.2) is 48.8 Å². The summed E-state index contributed by atoms with van der Waals surface area (Å²) in [5.74, 6) is 1.48. The molecule has 4 aromatic rings. The third-order valence-electron chi connectivity index (χ3n) is 5.35. The minimum atomic E-state index is -0.146. The van der Waals surface area contributed by atoms with Gasteiger partial charge in [0.1, 0.15) is 23.0 Å². The van der Waals surface area contributed by atoms with Crippen LogP contribution in [0.4, 0.5) is 0 Å². The molecule has 0 atom stereocenters. The van der Waals surface area contributed by atoms with E-state index in [4.69, 9.17) is 14.7 Å². The number of amides is 1. The van der Waals surface area contributed by atoms with Crippen molar-refractivity contribution in [3.63, 3.8) is 0 Å². The van der Waals surface area contributed by atoms with Crippen LogP contribution in [-0.2, 0) is 18.6 Å². The first-order valence-electron chi connectivity index (χ1n) is 10.9. The molecule has 33 heavy (non-hydrogen) atoms. The number of rotatable bonds is 6. The van der Waals surface area contributed by atoms with E-state index in [0.29, 0.717) is 18.0 Å². The summed E-state index contributed by atoms with van der Waals surface area (Å²) in [5.41, 5.74) is 3.72. The zero-order valence-electron chi connectivity index (χ0n) is 19.6. The molecular weight excluding hydrogens is 432 g/mol. The van der Waals surface area contributed by atoms with Crippen molar-refractivity contribution in [2.24, 2.45) is 0 Å². The third kappa shape index (κ3) is 5.20. The number of hydrogen-bond acceptors (Lipinski definition) is 6. The highest BCUT2D eigenvalue weighted by atomic mass is 32.1. The molecule has 0 saturated carbocycles. The van der Waals surface area contributed by atoms with Crippen LogP contribution in [0.1, 0.15) is 58.7 Å². The van der Waals surface area contributed by atoms with Crippen LogP contribution in [0.5, 0.6) is 5.75 Å². The largest absolute Gasteiger partial charge is 0.489 e. The number of pyridine rings is 1. The quantitative estimate of drug-likeness (QED) is 0.411. The topological polar surface area (TPSA) is 77.0 Å². The first-order chi connectivity index (χ1) is 15.7. The fourth-order valence-corrected chi connectivity index (χ4v) is 4.66. The van der Waals surface area contributed by atoms with Gasteiger partial charge in [-0.1, -0.05) is 39.0 Å². The predicted molar refractivity (Wildman–Crippen MR) is 132 cm³/mol. The van der Waals surface area contributed by atoms with E-state index in [2.05, 4.69) is 31.1 Å². The van der Waals surface area contributed by atoms with Gasteiger partial charge in [-0.2, -0.15) is 0 Å². The molecule has 3 aromatic heterocycles. The van der Waals surface area contributed by atoms with Gasteiger partial charge in [-0.25, -0.2) is 9.97 Å². The van der Waals surface area contributed by atoms with Crippen LogP contribution < -0.4 is 10.1 Å². The van der Waals surface area contributed by atoms with Crippen LogP contribution in [0.25, 0.3) is 10.2 Å². The Morgan fingerprint density at radius 2 is 1.82 bits per heavy atom. The molecule has 0 unspecified atom stereocenters. The Kier molecular flexibility index (Phi) is 6.42. The molecule has 4 rings (SSSR count). The molecular formula is C26H28N4O2S. The summed E-state index contributed by atoms with van der Waals surface area (Å²) < 4.78 is 5.80. The van der Waals surface area contributed by atoms with Gasteiger partial charge in [-0.15, -0.1) is 11.3 Å². The smallest absolute Gasteiger partial charge is 0.261 e. The van der Waals surface area contributed by atoms with Crippen molar-refractivity contribution in [3.05, 3.63) is 81.9 Å². The van der Waals surface area contributed by atoms with Gasteiger partial charge in [0.05, 0.1) is 10.6 Å². The van der Waals surface area contributed by atoms with Gasteiger partial charge in [-0.3, -0.25) is 9.78 Å². The maximum Gasteiger partial charge on any atom is 0.261 e. The molecule has 0 saturated heterocycles. The van der Waals surface area contributed by atoms with Gasteiger partial charge in [-0.05, 0) is 43.2 Å². The van der Waals surface area contributed by atoms with Crippen molar-refractivity contribution in [2.75, 3.05) is 0 Å². The summed E-state index contributed by atoms with van der Waals surface area (Å²) >= 11 is 1.43. The maximum atomic E-state index is 12.9. The van der Waals surface area contributed by atoms with Crippen LogP contribution in [0, 0.1) is 13.8 Å². The predicted octanol–water partition coefficient (Wildman–Crippen LogP) is 5.51. The minimum absolute atomic E-state index is 0.0934. The normalized spacial score (nSPS) is 11.5. The van der Waals surface area contributed by atoms with Crippen molar-refractivity contribution in [2.45, 2.75) is 53.2 Å². The van der Waals surface area contributed by atoms with Crippen LogP contribution >= 0.6 is 11.3 Å². The molecule has 0 aliphatic heterocycles. The van der Waals surface area contributed by atoms with E-state index in [9.17, 15) is 4.79 Å². The Labute approximate surface area is 198 Å². The Morgan fingerprint density at radius 3 is 2.48 bits per heavy atom. The number of aromatic nitrogens is 3. The van der Waals surface area contributed by atoms with Crippen molar-refractivity contribution < 1.29 is 9.53 Å². The van der Waals surface area contributed by atoms with E-state index < -0.39 is 0 Å². The number of aryl methyl sites for hydroxylation is 2. The number of benzene rings is 1. The lowest BCUT2D eigenvalue weighted by atomic mass is 9.95. The summed E-state index contributed by atoms with van der Waals surface area (Å²) in [5, 5.41) is 4.01. The second-order valence-corrected chi connectivity index (χ2v) is 10.1. The first-order valence-corrected chi connectivity index (χ1v) is 11.7. The Bertz CT molecular complexity index is 1280. The fraction of sp³-hybridized carbons (Fsp3) is 0.308. The van der Waals surface area contributed by atoms with E-state index in [1.165, 1.54) is 11.3 Å². The zero-order valence-corrected chi connectivity index (χ0v) is 20.4. The molecule has 0 bridgehead atoms. The van der Waals surface area contributed by atoms with Crippen LogP contribution in [0.2, 0.25) is 0 Å². The Morgan fingerprint density at radius 1 is 1.06 bits per heavy atom. The molecule has 0 aliphatic rings. The summed E-state index contributed by atoms with van der Waals surface area (Å²) in [7, 11) is 0. The molecule has 1 N–H and O–H groups in total. The zero-order chi connectivity index (χ0) is 23.6. The lowest BCUT2D eigenvalue weighted by molar-refractivity contribution is 0.0954. The number of carbonyl (C=O) groups is 1. The first kappa shape index (κ1) is 22.9.